The first-order chi connectivity index (χ1) is 5.29. The maximum atomic E-state index is 9.50. The Labute approximate surface area is 65.4 Å². The van der Waals surface area contributed by atoms with Gasteiger partial charge in [-0.25, -0.2) is 0 Å². The molecule has 0 spiro atoms. The monoisotopic (exact) mass is 152 g/mol. The van der Waals surface area contributed by atoms with Crippen molar-refractivity contribution in [2.24, 2.45) is 0 Å². The van der Waals surface area contributed by atoms with E-state index in [1.165, 1.54) is 0 Å². The number of fused-ring (bicyclic) bond motifs is 1. The van der Waals surface area contributed by atoms with E-state index in [9.17, 15) is 5.11 Å². The van der Waals surface area contributed by atoms with Crippen molar-refractivity contribution in [1.82, 2.24) is 4.57 Å². The second-order valence-electron chi connectivity index (χ2n) is 2.99. The quantitative estimate of drug-likeness (QED) is 0.580. The Balaban J connectivity index is 2.46. The van der Waals surface area contributed by atoms with Crippen molar-refractivity contribution in [3.05, 3.63) is 17.8 Å². The summed E-state index contributed by atoms with van der Waals surface area (Å²) in [6.07, 6.45) is 1.58. The second kappa shape index (κ2) is 2.27. The summed E-state index contributed by atoms with van der Waals surface area (Å²) in [5.41, 5.74) is 6.64. The fourth-order valence-corrected chi connectivity index (χ4v) is 1.64. The summed E-state index contributed by atoms with van der Waals surface area (Å²) in [6, 6.07) is 3.75. The summed E-state index contributed by atoms with van der Waals surface area (Å²) in [5, 5.41) is 9.50. The molecule has 11 heavy (non-hydrogen) atoms. The molecule has 3 N–H and O–H groups in total. The molecule has 0 amide bonds. The fraction of sp³-hybridized carbons (Fsp3) is 0.500. The first-order valence-electron chi connectivity index (χ1n) is 3.92. The highest BCUT2D eigenvalue weighted by molar-refractivity contribution is 5.35. The summed E-state index contributed by atoms with van der Waals surface area (Å²) in [5.74, 6) is 0.763. The highest BCUT2D eigenvalue weighted by Crippen LogP contribution is 2.27. The Kier molecular flexibility index (Phi) is 1.39. The SMILES string of the molecule is Nc1ccc2n1CCC[C@@H]2O. The van der Waals surface area contributed by atoms with Gasteiger partial charge >= 0.3 is 0 Å². The normalized spacial score (nSPS) is 23.2. The number of aromatic nitrogens is 1. The largest absolute Gasteiger partial charge is 0.387 e. The minimum absolute atomic E-state index is 0.305. The number of nitrogens with two attached hydrogens (primary N) is 1. The van der Waals surface area contributed by atoms with Gasteiger partial charge in [-0.2, -0.15) is 0 Å². The second-order valence-corrected chi connectivity index (χ2v) is 2.99. The molecule has 3 nitrogen and oxygen atoms in total. The first-order valence-corrected chi connectivity index (χ1v) is 3.92. The maximum Gasteiger partial charge on any atom is 0.103 e. The van der Waals surface area contributed by atoms with Gasteiger partial charge in [-0.3, -0.25) is 0 Å². The number of anilines is 1. The molecule has 1 aliphatic rings. The summed E-state index contributed by atoms with van der Waals surface area (Å²) in [6.45, 7) is 0.950. The smallest absolute Gasteiger partial charge is 0.103 e. The number of nitrogens with zero attached hydrogens (tertiary/aromatic N) is 1. The van der Waals surface area contributed by atoms with E-state index >= 15 is 0 Å². The van der Waals surface area contributed by atoms with E-state index in [4.69, 9.17) is 5.73 Å². The lowest BCUT2D eigenvalue weighted by atomic mass is 10.1. The van der Waals surface area contributed by atoms with Crippen molar-refractivity contribution in [1.29, 1.82) is 0 Å². The Morgan fingerprint density at radius 2 is 2.36 bits per heavy atom. The van der Waals surface area contributed by atoms with Crippen molar-refractivity contribution >= 4 is 5.82 Å². The average molecular weight is 152 g/mol. The van der Waals surface area contributed by atoms with Gasteiger partial charge in [0.25, 0.3) is 0 Å². The summed E-state index contributed by atoms with van der Waals surface area (Å²) in [4.78, 5) is 0. The molecule has 0 saturated heterocycles. The van der Waals surface area contributed by atoms with Gasteiger partial charge in [-0.1, -0.05) is 0 Å². The van der Waals surface area contributed by atoms with Crippen LogP contribution < -0.4 is 5.73 Å². The van der Waals surface area contributed by atoms with E-state index < -0.39 is 0 Å². The molecule has 1 aromatic rings. The highest BCUT2D eigenvalue weighted by Gasteiger charge is 2.18. The van der Waals surface area contributed by atoms with Crippen LogP contribution in [0.15, 0.2) is 12.1 Å². The Bertz CT molecular complexity index is 267. The van der Waals surface area contributed by atoms with Gasteiger partial charge in [-0.05, 0) is 25.0 Å². The lowest BCUT2D eigenvalue weighted by Crippen LogP contribution is -2.15. The highest BCUT2D eigenvalue weighted by atomic mass is 16.3. The molecule has 0 unspecified atom stereocenters. The predicted octanol–water partition coefficient (Wildman–Crippen LogP) is 0.897. The van der Waals surface area contributed by atoms with Gasteiger partial charge in [0.2, 0.25) is 0 Å². The molecule has 0 fully saturated rings. The molecule has 0 bridgehead atoms. The van der Waals surface area contributed by atoms with E-state index in [2.05, 4.69) is 0 Å². The van der Waals surface area contributed by atoms with Gasteiger partial charge in [-0.15, -0.1) is 0 Å². The molecule has 1 atom stereocenters. The summed E-state index contributed by atoms with van der Waals surface area (Å²) >= 11 is 0. The van der Waals surface area contributed by atoms with Crippen molar-refractivity contribution in [3.8, 4) is 0 Å². The Morgan fingerprint density at radius 1 is 1.55 bits per heavy atom. The number of aliphatic hydroxyl groups excluding tert-OH is 1. The zero-order valence-electron chi connectivity index (χ0n) is 6.33. The van der Waals surface area contributed by atoms with Crippen LogP contribution in [0.25, 0.3) is 0 Å². The minimum Gasteiger partial charge on any atom is -0.387 e. The molecule has 3 heteroatoms. The number of rotatable bonds is 0. The zero-order chi connectivity index (χ0) is 7.84. The van der Waals surface area contributed by atoms with Crippen LogP contribution >= 0.6 is 0 Å². The minimum atomic E-state index is -0.305. The topological polar surface area (TPSA) is 51.2 Å². The Hall–Kier alpha value is -0.960. The van der Waals surface area contributed by atoms with Crippen molar-refractivity contribution in [3.63, 3.8) is 0 Å². The molecular formula is C8H12N2O. The molecule has 2 heterocycles. The molecular weight excluding hydrogens is 140 g/mol. The van der Waals surface area contributed by atoms with E-state index in [0.29, 0.717) is 0 Å². The lowest BCUT2D eigenvalue weighted by molar-refractivity contribution is 0.139. The predicted molar refractivity (Wildman–Crippen MR) is 43.0 cm³/mol. The molecule has 0 saturated carbocycles. The number of aliphatic hydroxyl groups is 1. The third kappa shape index (κ3) is 0.922. The van der Waals surface area contributed by atoms with Gasteiger partial charge in [0.15, 0.2) is 0 Å². The molecule has 2 rings (SSSR count). The zero-order valence-corrected chi connectivity index (χ0v) is 6.33. The van der Waals surface area contributed by atoms with Crippen LogP contribution in [0.1, 0.15) is 24.6 Å². The molecule has 0 aromatic carbocycles. The third-order valence-corrected chi connectivity index (χ3v) is 2.25. The van der Waals surface area contributed by atoms with Crippen LogP contribution in [0.4, 0.5) is 5.82 Å². The molecule has 60 valence electrons. The van der Waals surface area contributed by atoms with Crippen LogP contribution in [-0.2, 0) is 6.54 Å². The molecule has 0 aliphatic carbocycles. The van der Waals surface area contributed by atoms with Crippen LogP contribution in [0.5, 0.6) is 0 Å². The van der Waals surface area contributed by atoms with Gasteiger partial charge in [0.1, 0.15) is 5.82 Å². The first kappa shape index (κ1) is 6.73. The van der Waals surface area contributed by atoms with Crippen molar-refractivity contribution < 1.29 is 5.11 Å². The lowest BCUT2D eigenvalue weighted by Gasteiger charge is -2.21. The molecule has 0 radical (unpaired) electrons. The van der Waals surface area contributed by atoms with E-state index in [1.807, 2.05) is 16.7 Å². The third-order valence-electron chi connectivity index (χ3n) is 2.25. The standard InChI is InChI=1S/C8H12N2O/c9-8-4-3-6-7(11)2-1-5-10(6)8/h3-4,7,11H,1-2,5,9H2/t7-/m0/s1. The van der Waals surface area contributed by atoms with Crippen LogP contribution in [0.2, 0.25) is 0 Å². The van der Waals surface area contributed by atoms with Crippen LogP contribution in [0, 0.1) is 0 Å². The van der Waals surface area contributed by atoms with E-state index in [1.54, 1.807) is 0 Å². The average Bonchev–Trinajstić information content (AvgIpc) is 2.35. The maximum absolute atomic E-state index is 9.50. The van der Waals surface area contributed by atoms with Gasteiger partial charge in [0, 0.05) is 12.2 Å². The Morgan fingerprint density at radius 3 is 3.09 bits per heavy atom. The van der Waals surface area contributed by atoms with E-state index in [0.717, 1.165) is 30.9 Å². The van der Waals surface area contributed by atoms with Crippen molar-refractivity contribution in [2.75, 3.05) is 5.73 Å². The number of hydrogen-bond acceptors (Lipinski definition) is 2. The van der Waals surface area contributed by atoms with Crippen molar-refractivity contribution in [2.45, 2.75) is 25.5 Å². The van der Waals surface area contributed by atoms with Crippen LogP contribution in [0.3, 0.4) is 0 Å². The summed E-state index contributed by atoms with van der Waals surface area (Å²) in [7, 11) is 0. The van der Waals surface area contributed by atoms with Crippen LogP contribution in [-0.4, -0.2) is 9.67 Å². The van der Waals surface area contributed by atoms with E-state index in [-0.39, 0.29) is 6.10 Å². The fourth-order valence-electron chi connectivity index (χ4n) is 1.64. The molecule has 1 aromatic heterocycles. The molecule has 1 aliphatic heterocycles. The van der Waals surface area contributed by atoms with Gasteiger partial charge < -0.3 is 15.4 Å². The summed E-state index contributed by atoms with van der Waals surface area (Å²) < 4.78 is 1.98. The number of hydrogen-bond donors (Lipinski definition) is 2. The number of nitrogen functional groups attached to an aromatic ring is 1. The van der Waals surface area contributed by atoms with Gasteiger partial charge in [0.05, 0.1) is 6.10 Å².